The molecule has 0 saturated carbocycles. The molecule has 0 fully saturated rings. The predicted molar refractivity (Wildman–Crippen MR) is 121 cm³/mol. The molecule has 1 heterocycles. The van der Waals surface area contributed by atoms with Crippen LogP contribution < -0.4 is 20.3 Å². The largest absolute Gasteiger partial charge is 0.573 e. The Balaban J connectivity index is 1.68. The van der Waals surface area contributed by atoms with Crippen LogP contribution in [0, 0.1) is 6.92 Å². The van der Waals surface area contributed by atoms with Gasteiger partial charge in [-0.25, -0.2) is 9.97 Å². The number of hydrogen-bond acceptors (Lipinski definition) is 6. The van der Waals surface area contributed by atoms with Crippen LogP contribution in [0.1, 0.15) is 30.0 Å². The fourth-order valence-corrected chi connectivity index (χ4v) is 3.15. The van der Waals surface area contributed by atoms with E-state index in [9.17, 15) is 18.0 Å². The molecule has 0 spiro atoms. The summed E-state index contributed by atoms with van der Waals surface area (Å²) in [6.45, 7) is 7.59. The predicted octanol–water partition coefficient (Wildman–Crippen LogP) is 5.53. The maximum Gasteiger partial charge on any atom is 0.573 e. The van der Waals surface area contributed by atoms with Crippen molar-refractivity contribution in [1.29, 1.82) is 0 Å². The number of amides is 1. The van der Waals surface area contributed by atoms with E-state index in [4.69, 9.17) is 0 Å². The number of hydrogen-bond donors (Lipinski definition) is 2. The van der Waals surface area contributed by atoms with Crippen molar-refractivity contribution in [2.45, 2.75) is 27.1 Å². The van der Waals surface area contributed by atoms with Gasteiger partial charge in [-0.2, -0.15) is 0 Å². The summed E-state index contributed by atoms with van der Waals surface area (Å²) in [7, 11) is 0. The smallest absolute Gasteiger partial charge is 0.406 e. The second kappa shape index (κ2) is 10.2. The van der Waals surface area contributed by atoms with E-state index in [1.165, 1.54) is 12.1 Å². The van der Waals surface area contributed by atoms with Crippen molar-refractivity contribution in [2.24, 2.45) is 0 Å². The number of carbonyl (C=O) groups excluding carboxylic acids is 1. The summed E-state index contributed by atoms with van der Waals surface area (Å²) < 4.78 is 41.0. The molecule has 33 heavy (non-hydrogen) atoms. The Morgan fingerprint density at radius 3 is 2.30 bits per heavy atom. The summed E-state index contributed by atoms with van der Waals surface area (Å²) in [5.41, 5.74) is 1.27. The summed E-state index contributed by atoms with van der Waals surface area (Å²) >= 11 is 0. The number of halogens is 3. The third-order valence-electron chi connectivity index (χ3n) is 4.66. The standard InChI is InChI=1S/C23H24F3N5O2/c1-4-31(5-2)21-14-20(27-15(3)28-21)29-17-9-11-18(12-10-17)30-22(32)16-7-6-8-19(13-16)33-23(24,25)26/h6-14H,4-5H2,1-3H3,(H,30,32)(H,27,28,29). The highest BCUT2D eigenvalue weighted by molar-refractivity contribution is 6.04. The first-order valence-corrected chi connectivity index (χ1v) is 10.3. The highest BCUT2D eigenvalue weighted by Crippen LogP contribution is 2.24. The molecular formula is C23H24F3N5O2. The molecule has 0 aliphatic rings. The van der Waals surface area contributed by atoms with Crippen LogP contribution in [-0.4, -0.2) is 35.3 Å². The fourth-order valence-electron chi connectivity index (χ4n) is 3.15. The van der Waals surface area contributed by atoms with E-state index < -0.39 is 18.0 Å². The van der Waals surface area contributed by atoms with Gasteiger partial charge in [0.05, 0.1) is 0 Å². The van der Waals surface area contributed by atoms with Gasteiger partial charge in [-0.3, -0.25) is 4.79 Å². The molecule has 0 bridgehead atoms. The maximum atomic E-state index is 12.4. The van der Waals surface area contributed by atoms with Crippen LogP contribution in [0.3, 0.4) is 0 Å². The van der Waals surface area contributed by atoms with Crippen molar-refractivity contribution in [3.05, 3.63) is 66.0 Å². The number of ether oxygens (including phenoxy) is 1. The van der Waals surface area contributed by atoms with Crippen molar-refractivity contribution >= 4 is 28.9 Å². The summed E-state index contributed by atoms with van der Waals surface area (Å²) in [5.74, 6) is 1.10. The van der Waals surface area contributed by atoms with E-state index in [0.717, 1.165) is 36.7 Å². The molecular weight excluding hydrogens is 435 g/mol. The van der Waals surface area contributed by atoms with Gasteiger partial charge in [-0.05, 0) is 63.2 Å². The summed E-state index contributed by atoms with van der Waals surface area (Å²) in [6, 6.07) is 13.6. The van der Waals surface area contributed by atoms with Crippen molar-refractivity contribution in [2.75, 3.05) is 28.6 Å². The number of nitrogens with one attached hydrogen (secondary N) is 2. The molecule has 174 valence electrons. The van der Waals surface area contributed by atoms with Gasteiger partial charge >= 0.3 is 6.36 Å². The lowest BCUT2D eigenvalue weighted by Crippen LogP contribution is -2.23. The number of rotatable bonds is 8. The number of aryl methyl sites for hydroxylation is 1. The highest BCUT2D eigenvalue weighted by atomic mass is 19.4. The average molecular weight is 459 g/mol. The van der Waals surface area contributed by atoms with Crippen LogP contribution in [-0.2, 0) is 0 Å². The Morgan fingerprint density at radius 2 is 1.67 bits per heavy atom. The second-order valence-corrected chi connectivity index (χ2v) is 7.06. The number of alkyl halides is 3. The zero-order valence-corrected chi connectivity index (χ0v) is 18.4. The molecule has 0 saturated heterocycles. The fraction of sp³-hybridized carbons (Fsp3) is 0.261. The van der Waals surface area contributed by atoms with Gasteiger partial charge in [-0.15, -0.1) is 13.2 Å². The molecule has 7 nitrogen and oxygen atoms in total. The van der Waals surface area contributed by atoms with Crippen LogP contribution in [0.5, 0.6) is 5.75 Å². The first-order valence-electron chi connectivity index (χ1n) is 10.3. The maximum absolute atomic E-state index is 12.4. The number of nitrogens with zero attached hydrogens (tertiary/aromatic N) is 3. The van der Waals surface area contributed by atoms with Crippen molar-refractivity contribution in [3.63, 3.8) is 0 Å². The Morgan fingerprint density at radius 1 is 1.00 bits per heavy atom. The quantitative estimate of drug-likeness (QED) is 0.461. The zero-order valence-electron chi connectivity index (χ0n) is 18.4. The number of anilines is 4. The molecule has 2 N–H and O–H groups in total. The van der Waals surface area contributed by atoms with Crippen LogP contribution in [0.2, 0.25) is 0 Å². The van der Waals surface area contributed by atoms with E-state index in [1.54, 1.807) is 24.3 Å². The number of aromatic nitrogens is 2. The molecule has 1 aromatic heterocycles. The summed E-state index contributed by atoms with van der Waals surface area (Å²) in [5, 5.41) is 5.87. The van der Waals surface area contributed by atoms with Gasteiger partial charge in [0.2, 0.25) is 0 Å². The van der Waals surface area contributed by atoms with Crippen molar-refractivity contribution in [3.8, 4) is 5.75 Å². The van der Waals surface area contributed by atoms with Gasteiger partial charge in [0.15, 0.2) is 0 Å². The van der Waals surface area contributed by atoms with E-state index in [2.05, 4.69) is 44.1 Å². The van der Waals surface area contributed by atoms with Crippen LogP contribution in [0.25, 0.3) is 0 Å². The van der Waals surface area contributed by atoms with Crippen LogP contribution in [0.4, 0.5) is 36.2 Å². The lowest BCUT2D eigenvalue weighted by Gasteiger charge is -2.20. The van der Waals surface area contributed by atoms with Gasteiger partial charge in [0, 0.05) is 36.1 Å². The topological polar surface area (TPSA) is 79.4 Å². The lowest BCUT2D eigenvalue weighted by molar-refractivity contribution is -0.274. The molecule has 0 unspecified atom stereocenters. The molecule has 3 aromatic rings. The van der Waals surface area contributed by atoms with Crippen LogP contribution >= 0.6 is 0 Å². The van der Waals surface area contributed by atoms with Gasteiger partial charge in [0.25, 0.3) is 5.91 Å². The lowest BCUT2D eigenvalue weighted by atomic mass is 10.2. The molecule has 2 aromatic carbocycles. The molecule has 1 amide bonds. The van der Waals surface area contributed by atoms with E-state index >= 15 is 0 Å². The van der Waals surface area contributed by atoms with Crippen LogP contribution in [0.15, 0.2) is 54.6 Å². The third-order valence-corrected chi connectivity index (χ3v) is 4.66. The second-order valence-electron chi connectivity index (χ2n) is 7.06. The van der Waals surface area contributed by atoms with Crippen molar-refractivity contribution < 1.29 is 22.7 Å². The first-order chi connectivity index (χ1) is 15.7. The van der Waals surface area contributed by atoms with Gasteiger partial charge in [-0.1, -0.05) is 6.07 Å². The Kier molecular flexibility index (Phi) is 7.37. The molecule has 0 radical (unpaired) electrons. The molecule has 3 rings (SSSR count). The molecule has 10 heteroatoms. The number of benzene rings is 2. The Hall–Kier alpha value is -3.82. The van der Waals surface area contributed by atoms with Crippen molar-refractivity contribution in [1.82, 2.24) is 9.97 Å². The molecule has 0 atom stereocenters. The molecule has 0 aliphatic carbocycles. The monoisotopic (exact) mass is 459 g/mol. The van der Waals surface area contributed by atoms with E-state index in [-0.39, 0.29) is 5.56 Å². The minimum absolute atomic E-state index is 0.0411. The Bertz CT molecular complexity index is 1100. The summed E-state index contributed by atoms with van der Waals surface area (Å²) in [6.07, 6.45) is -4.83. The van der Waals surface area contributed by atoms with E-state index in [0.29, 0.717) is 17.3 Å². The molecule has 0 aliphatic heterocycles. The van der Waals surface area contributed by atoms with Gasteiger partial charge < -0.3 is 20.3 Å². The van der Waals surface area contributed by atoms with Gasteiger partial charge in [0.1, 0.15) is 23.2 Å². The van der Waals surface area contributed by atoms with E-state index in [1.807, 2.05) is 13.0 Å². The highest BCUT2D eigenvalue weighted by Gasteiger charge is 2.31. The third kappa shape index (κ3) is 6.83. The minimum atomic E-state index is -4.83. The number of carbonyl (C=O) groups is 1. The minimum Gasteiger partial charge on any atom is -0.406 e. The SMILES string of the molecule is CCN(CC)c1cc(Nc2ccc(NC(=O)c3cccc(OC(F)(F)F)c3)cc2)nc(C)n1. The Labute approximate surface area is 189 Å². The summed E-state index contributed by atoms with van der Waals surface area (Å²) in [4.78, 5) is 23.4. The first kappa shape index (κ1) is 23.8. The average Bonchev–Trinajstić information content (AvgIpc) is 2.74. The zero-order chi connectivity index (χ0) is 24.0. The normalized spacial score (nSPS) is 11.1.